The molecule has 0 aliphatic rings. The number of hydrogen-bond acceptors (Lipinski definition) is 3. The largest absolute Gasteiger partial charge is 0.466 e. The summed E-state index contributed by atoms with van der Waals surface area (Å²) in [5.41, 5.74) is 1.86. The highest BCUT2D eigenvalue weighted by Crippen LogP contribution is 2.23. The number of fused-ring (bicyclic) bond motifs is 1. The fraction of sp³-hybridized carbons (Fsp3) is 0.286. The van der Waals surface area contributed by atoms with Crippen LogP contribution in [0.5, 0.6) is 0 Å². The van der Waals surface area contributed by atoms with Crippen LogP contribution in [-0.4, -0.2) is 17.6 Å². The zero-order valence-corrected chi connectivity index (χ0v) is 11.9. The van der Waals surface area contributed by atoms with Crippen LogP contribution >= 0.6 is 15.9 Å². The number of aromatic nitrogens is 1. The third-order valence-electron chi connectivity index (χ3n) is 2.81. The number of carbonyl (C=O) groups is 1. The maximum absolute atomic E-state index is 11.7. The molecule has 94 valence electrons. The molecule has 0 aliphatic heterocycles. The minimum atomic E-state index is -0.256. The molecule has 4 heteroatoms. The molecular weight excluding hydrogens is 294 g/mol. The smallest absolute Gasteiger partial charge is 0.313 e. The Bertz CT molecular complexity index is 583. The highest BCUT2D eigenvalue weighted by atomic mass is 79.9. The van der Waals surface area contributed by atoms with Crippen molar-refractivity contribution >= 4 is 32.8 Å². The number of pyridine rings is 1. The van der Waals surface area contributed by atoms with Gasteiger partial charge in [0.05, 0.1) is 18.0 Å². The van der Waals surface area contributed by atoms with Crippen molar-refractivity contribution in [2.75, 3.05) is 6.61 Å². The minimum absolute atomic E-state index is 0.195. The summed E-state index contributed by atoms with van der Waals surface area (Å²) in [5, 5.41) is 1.01. The molecule has 1 heterocycles. The lowest BCUT2D eigenvalue weighted by Crippen LogP contribution is -2.12. The molecule has 0 radical (unpaired) electrons. The highest BCUT2D eigenvalue weighted by molar-refractivity contribution is 9.10. The number of esters is 1. The average molecular weight is 308 g/mol. The van der Waals surface area contributed by atoms with Gasteiger partial charge in [0.15, 0.2) is 0 Å². The van der Waals surface area contributed by atoms with Crippen molar-refractivity contribution in [2.45, 2.75) is 19.8 Å². The summed E-state index contributed by atoms with van der Waals surface area (Å²) in [5.74, 6) is -0.451. The zero-order valence-electron chi connectivity index (χ0n) is 10.3. The van der Waals surface area contributed by atoms with Crippen molar-refractivity contribution in [3.63, 3.8) is 0 Å². The molecular formula is C14H14BrNO2. The van der Waals surface area contributed by atoms with Gasteiger partial charge in [-0.15, -0.1) is 0 Å². The van der Waals surface area contributed by atoms with Crippen molar-refractivity contribution in [1.82, 2.24) is 4.98 Å². The molecule has 1 aromatic carbocycles. The topological polar surface area (TPSA) is 39.2 Å². The Labute approximate surface area is 114 Å². The predicted molar refractivity (Wildman–Crippen MR) is 74.5 cm³/mol. The first-order valence-electron chi connectivity index (χ1n) is 5.83. The number of hydrogen-bond donors (Lipinski definition) is 0. The van der Waals surface area contributed by atoms with E-state index in [1.807, 2.05) is 38.1 Å². The molecule has 0 N–H and O–H groups in total. The molecule has 1 atom stereocenters. The second kappa shape index (κ2) is 5.48. The molecule has 3 nitrogen and oxygen atoms in total. The SMILES string of the molecule is CCOC(=O)[C@@H](C)c1ccc2ncc(Br)cc2c1. The van der Waals surface area contributed by atoms with Crippen molar-refractivity contribution in [1.29, 1.82) is 0 Å². The molecule has 2 rings (SSSR count). The molecule has 0 amide bonds. The van der Waals surface area contributed by atoms with E-state index in [0.29, 0.717) is 6.61 Å². The first kappa shape index (κ1) is 13.0. The van der Waals surface area contributed by atoms with E-state index in [1.54, 1.807) is 6.20 Å². The summed E-state index contributed by atoms with van der Waals surface area (Å²) < 4.78 is 5.96. The van der Waals surface area contributed by atoms with E-state index in [9.17, 15) is 4.79 Å². The van der Waals surface area contributed by atoms with Crippen LogP contribution in [0.15, 0.2) is 34.9 Å². The maximum atomic E-state index is 11.7. The number of nitrogens with zero attached hydrogens (tertiary/aromatic N) is 1. The van der Waals surface area contributed by atoms with Gasteiger partial charge in [-0.05, 0) is 53.5 Å². The van der Waals surface area contributed by atoms with Gasteiger partial charge in [-0.1, -0.05) is 6.07 Å². The monoisotopic (exact) mass is 307 g/mol. The van der Waals surface area contributed by atoms with E-state index in [2.05, 4.69) is 20.9 Å². The first-order chi connectivity index (χ1) is 8.61. The van der Waals surface area contributed by atoms with Gasteiger partial charge in [0, 0.05) is 16.1 Å². The quantitative estimate of drug-likeness (QED) is 0.812. The standard InChI is InChI=1S/C14H14BrNO2/c1-3-18-14(17)9(2)10-4-5-13-11(6-10)7-12(15)8-16-13/h4-9H,3H2,1-2H3/t9-/m0/s1. The van der Waals surface area contributed by atoms with Gasteiger partial charge in [0.2, 0.25) is 0 Å². The summed E-state index contributed by atoms with van der Waals surface area (Å²) in [6.45, 7) is 4.07. The number of rotatable bonds is 3. The third kappa shape index (κ3) is 2.70. The summed E-state index contributed by atoms with van der Waals surface area (Å²) in [7, 11) is 0. The van der Waals surface area contributed by atoms with Crippen molar-refractivity contribution in [3.8, 4) is 0 Å². The fourth-order valence-electron chi connectivity index (χ4n) is 1.80. The van der Waals surface area contributed by atoms with Crippen LogP contribution in [0.25, 0.3) is 10.9 Å². The molecule has 2 aromatic rings. The third-order valence-corrected chi connectivity index (χ3v) is 3.25. The van der Waals surface area contributed by atoms with E-state index in [0.717, 1.165) is 20.9 Å². The summed E-state index contributed by atoms with van der Waals surface area (Å²) >= 11 is 3.39. The Morgan fingerprint density at radius 1 is 1.44 bits per heavy atom. The fourth-order valence-corrected chi connectivity index (χ4v) is 2.14. The number of benzene rings is 1. The van der Waals surface area contributed by atoms with E-state index >= 15 is 0 Å². The van der Waals surface area contributed by atoms with Crippen LogP contribution < -0.4 is 0 Å². The summed E-state index contributed by atoms with van der Waals surface area (Å²) in [6, 6.07) is 7.82. The van der Waals surface area contributed by atoms with Crippen LogP contribution in [0.1, 0.15) is 25.3 Å². The van der Waals surface area contributed by atoms with Crippen LogP contribution in [0.3, 0.4) is 0 Å². The normalized spacial score (nSPS) is 12.4. The van der Waals surface area contributed by atoms with Gasteiger partial charge in [-0.2, -0.15) is 0 Å². The molecule has 0 saturated heterocycles. The molecule has 0 saturated carbocycles. The van der Waals surface area contributed by atoms with Crippen LogP contribution in [0.4, 0.5) is 0 Å². The Morgan fingerprint density at radius 2 is 2.22 bits per heavy atom. The van der Waals surface area contributed by atoms with Gasteiger partial charge in [-0.25, -0.2) is 0 Å². The molecule has 0 bridgehead atoms. The maximum Gasteiger partial charge on any atom is 0.313 e. The number of ether oxygens (including phenoxy) is 1. The molecule has 0 fully saturated rings. The Hall–Kier alpha value is -1.42. The number of halogens is 1. The van der Waals surface area contributed by atoms with Gasteiger partial charge in [0.25, 0.3) is 0 Å². The van der Waals surface area contributed by atoms with Gasteiger partial charge in [-0.3, -0.25) is 9.78 Å². The zero-order chi connectivity index (χ0) is 13.1. The first-order valence-corrected chi connectivity index (χ1v) is 6.63. The lowest BCUT2D eigenvalue weighted by Gasteiger charge is -2.11. The van der Waals surface area contributed by atoms with E-state index in [-0.39, 0.29) is 11.9 Å². The van der Waals surface area contributed by atoms with Gasteiger partial charge >= 0.3 is 5.97 Å². The minimum Gasteiger partial charge on any atom is -0.466 e. The van der Waals surface area contributed by atoms with Crippen LogP contribution in [0, 0.1) is 0 Å². The van der Waals surface area contributed by atoms with E-state index in [4.69, 9.17) is 4.74 Å². The number of carbonyl (C=O) groups excluding carboxylic acids is 1. The second-order valence-electron chi connectivity index (χ2n) is 4.08. The Kier molecular flexibility index (Phi) is 3.97. The second-order valence-corrected chi connectivity index (χ2v) is 5.00. The Morgan fingerprint density at radius 3 is 2.94 bits per heavy atom. The van der Waals surface area contributed by atoms with Crippen molar-refractivity contribution in [2.24, 2.45) is 0 Å². The van der Waals surface area contributed by atoms with Crippen molar-refractivity contribution in [3.05, 3.63) is 40.5 Å². The highest BCUT2D eigenvalue weighted by Gasteiger charge is 2.16. The van der Waals surface area contributed by atoms with E-state index in [1.165, 1.54) is 0 Å². The molecule has 18 heavy (non-hydrogen) atoms. The lowest BCUT2D eigenvalue weighted by atomic mass is 9.99. The van der Waals surface area contributed by atoms with Gasteiger partial charge in [0.1, 0.15) is 0 Å². The molecule has 0 aliphatic carbocycles. The van der Waals surface area contributed by atoms with Crippen molar-refractivity contribution < 1.29 is 9.53 Å². The summed E-state index contributed by atoms with van der Waals surface area (Å²) in [4.78, 5) is 16.0. The predicted octanol–water partition coefficient (Wildman–Crippen LogP) is 3.66. The summed E-state index contributed by atoms with van der Waals surface area (Å²) in [6.07, 6.45) is 1.76. The van der Waals surface area contributed by atoms with Gasteiger partial charge < -0.3 is 4.74 Å². The van der Waals surface area contributed by atoms with Crippen LogP contribution in [0.2, 0.25) is 0 Å². The molecule has 0 unspecified atom stereocenters. The average Bonchev–Trinajstić information content (AvgIpc) is 2.37. The lowest BCUT2D eigenvalue weighted by molar-refractivity contribution is -0.144. The molecule has 0 spiro atoms. The van der Waals surface area contributed by atoms with E-state index < -0.39 is 0 Å². The Balaban J connectivity index is 2.37. The van der Waals surface area contributed by atoms with Crippen LogP contribution in [-0.2, 0) is 9.53 Å². The molecule has 1 aromatic heterocycles.